The van der Waals surface area contributed by atoms with Crippen molar-refractivity contribution in [1.29, 1.82) is 15.8 Å². The topological polar surface area (TPSA) is 168 Å². The molecular formula is C24H21N7O3. The van der Waals surface area contributed by atoms with Gasteiger partial charge in [-0.2, -0.15) is 20.9 Å². The highest BCUT2D eigenvalue weighted by Gasteiger charge is 2.53. The van der Waals surface area contributed by atoms with Gasteiger partial charge in [-0.3, -0.25) is 14.8 Å². The summed E-state index contributed by atoms with van der Waals surface area (Å²) in [6.45, 7) is 0.186. The lowest BCUT2D eigenvalue weighted by molar-refractivity contribution is -0.385. The number of nitrogens with two attached hydrogens (primary N) is 1. The van der Waals surface area contributed by atoms with E-state index in [0.717, 1.165) is 18.4 Å². The molecule has 0 radical (unpaired) electrons. The molecule has 0 saturated carbocycles. The van der Waals surface area contributed by atoms with Crippen LogP contribution in [0.3, 0.4) is 0 Å². The summed E-state index contributed by atoms with van der Waals surface area (Å²) in [5.74, 6) is -0.275. The molecule has 2 aliphatic carbocycles. The van der Waals surface area contributed by atoms with Gasteiger partial charge in [-0.05, 0) is 48.4 Å². The predicted octanol–water partition coefficient (Wildman–Crippen LogP) is 3.44. The van der Waals surface area contributed by atoms with Gasteiger partial charge in [0.25, 0.3) is 0 Å². The van der Waals surface area contributed by atoms with Crippen molar-refractivity contribution in [2.24, 2.45) is 17.1 Å². The number of methoxy groups -OCH3 is 1. The van der Waals surface area contributed by atoms with Crippen molar-refractivity contribution in [3.8, 4) is 24.0 Å². The van der Waals surface area contributed by atoms with E-state index < -0.39 is 16.3 Å². The van der Waals surface area contributed by atoms with Crippen LogP contribution < -0.4 is 10.5 Å². The second kappa shape index (κ2) is 8.73. The molecule has 1 aromatic heterocycles. The van der Waals surface area contributed by atoms with E-state index in [4.69, 9.17) is 10.5 Å². The van der Waals surface area contributed by atoms with Gasteiger partial charge in [-0.15, -0.1) is 0 Å². The molecule has 4 rings (SSSR count). The minimum absolute atomic E-state index is 0.0190. The fourth-order valence-corrected chi connectivity index (χ4v) is 5.07. The average molecular weight is 455 g/mol. The van der Waals surface area contributed by atoms with Gasteiger partial charge in [0.2, 0.25) is 0 Å². The molecule has 2 atom stereocenters. The Morgan fingerprint density at radius 2 is 2.12 bits per heavy atom. The molecule has 0 bridgehead atoms. The zero-order valence-corrected chi connectivity index (χ0v) is 18.4. The van der Waals surface area contributed by atoms with Gasteiger partial charge in [0.15, 0.2) is 5.41 Å². The molecule has 170 valence electrons. The summed E-state index contributed by atoms with van der Waals surface area (Å²) in [6.07, 6.45) is 6.86. The van der Waals surface area contributed by atoms with Crippen molar-refractivity contribution < 1.29 is 9.66 Å². The monoisotopic (exact) mass is 455 g/mol. The molecule has 2 aromatic rings. The number of benzene rings is 1. The minimum Gasteiger partial charge on any atom is -0.496 e. The Balaban J connectivity index is 1.87. The van der Waals surface area contributed by atoms with Crippen molar-refractivity contribution >= 4 is 5.69 Å². The number of aromatic nitrogens is 2. The summed E-state index contributed by atoms with van der Waals surface area (Å²) in [4.78, 5) is 10.5. The van der Waals surface area contributed by atoms with Gasteiger partial charge in [0.1, 0.15) is 24.2 Å². The zero-order valence-electron chi connectivity index (χ0n) is 18.4. The summed E-state index contributed by atoms with van der Waals surface area (Å²) in [5, 5.41) is 45.2. The van der Waals surface area contributed by atoms with Crippen LogP contribution in [-0.4, -0.2) is 21.8 Å². The van der Waals surface area contributed by atoms with Crippen molar-refractivity contribution in [2.45, 2.75) is 31.7 Å². The van der Waals surface area contributed by atoms with E-state index in [2.05, 4.69) is 23.3 Å². The molecule has 10 nitrogen and oxygen atoms in total. The smallest absolute Gasteiger partial charge is 0.307 e. The lowest BCUT2D eigenvalue weighted by Gasteiger charge is -2.43. The number of hydrogen-bond donors (Lipinski definition) is 1. The van der Waals surface area contributed by atoms with Gasteiger partial charge < -0.3 is 10.5 Å². The molecule has 2 N–H and O–H groups in total. The maximum Gasteiger partial charge on any atom is 0.307 e. The number of allylic oxidation sites excluding steroid dienone is 4. The number of ether oxygens (including phenoxy) is 1. The van der Waals surface area contributed by atoms with Crippen LogP contribution >= 0.6 is 0 Å². The van der Waals surface area contributed by atoms with E-state index in [9.17, 15) is 25.9 Å². The number of nitriles is 3. The van der Waals surface area contributed by atoms with Crippen LogP contribution in [0.25, 0.3) is 0 Å². The number of hydrogen-bond acceptors (Lipinski definition) is 8. The van der Waals surface area contributed by atoms with E-state index in [-0.39, 0.29) is 29.4 Å². The fourth-order valence-electron chi connectivity index (χ4n) is 5.07. The zero-order chi connectivity index (χ0) is 24.5. The molecule has 0 saturated heterocycles. The second-order valence-electron chi connectivity index (χ2n) is 8.33. The first kappa shape index (κ1) is 22.6. The summed E-state index contributed by atoms with van der Waals surface area (Å²) in [5.41, 5.74) is 6.88. The normalized spacial score (nSPS) is 20.8. The van der Waals surface area contributed by atoms with Gasteiger partial charge in [0, 0.05) is 11.5 Å². The maximum absolute atomic E-state index is 11.0. The minimum atomic E-state index is -1.71. The van der Waals surface area contributed by atoms with Crippen LogP contribution in [0.15, 0.2) is 53.5 Å². The van der Waals surface area contributed by atoms with Crippen LogP contribution in [0.4, 0.5) is 5.69 Å². The molecule has 34 heavy (non-hydrogen) atoms. The highest BCUT2D eigenvalue weighted by Crippen LogP contribution is 2.56. The van der Waals surface area contributed by atoms with Gasteiger partial charge in [0.05, 0.1) is 42.0 Å². The van der Waals surface area contributed by atoms with E-state index in [1.807, 2.05) is 12.1 Å². The number of rotatable bonds is 5. The van der Waals surface area contributed by atoms with Gasteiger partial charge in [-0.25, -0.2) is 0 Å². The highest BCUT2D eigenvalue weighted by atomic mass is 16.6. The van der Waals surface area contributed by atoms with E-state index >= 15 is 0 Å². The first-order valence-corrected chi connectivity index (χ1v) is 10.7. The van der Waals surface area contributed by atoms with E-state index in [1.54, 1.807) is 12.1 Å². The Morgan fingerprint density at radius 3 is 2.74 bits per heavy atom. The van der Waals surface area contributed by atoms with Gasteiger partial charge in [-0.1, -0.05) is 12.1 Å². The molecule has 1 heterocycles. The fraction of sp³-hybridized carbons (Fsp3) is 0.333. The van der Waals surface area contributed by atoms with Crippen LogP contribution in [0.5, 0.6) is 5.75 Å². The molecule has 1 aromatic carbocycles. The van der Waals surface area contributed by atoms with E-state index in [1.165, 1.54) is 24.2 Å². The third-order valence-corrected chi connectivity index (χ3v) is 6.63. The molecular weight excluding hydrogens is 434 g/mol. The predicted molar refractivity (Wildman–Crippen MR) is 120 cm³/mol. The Hall–Kier alpha value is -4.62. The molecule has 2 aliphatic rings. The Labute approximate surface area is 195 Å². The van der Waals surface area contributed by atoms with Crippen molar-refractivity contribution in [2.75, 3.05) is 7.11 Å². The Bertz CT molecular complexity index is 1340. The summed E-state index contributed by atoms with van der Waals surface area (Å²) in [7, 11) is 1.52. The standard InChI is InChI=1S/C24H21N7O3/c1-34-21-7-6-15(8-16(21)11-30-12-17(10-29-30)31(32)33)22-19-5-3-2-4-18(19)20(9-25)23(28)24(22,13-26)14-27/h4,6-8,10,12,19,22H,2-3,5,11,28H2,1H3/t19-,22+/m0/s1. The Morgan fingerprint density at radius 1 is 1.35 bits per heavy atom. The molecule has 0 spiro atoms. The second-order valence-corrected chi connectivity index (χ2v) is 8.33. The number of fused-ring (bicyclic) bond motifs is 1. The van der Waals surface area contributed by atoms with Crippen LogP contribution in [0.1, 0.15) is 36.3 Å². The molecule has 0 aliphatic heterocycles. The molecule has 10 heteroatoms. The van der Waals surface area contributed by atoms with Gasteiger partial charge >= 0.3 is 5.69 Å². The molecule has 0 amide bonds. The quantitative estimate of drug-likeness (QED) is 0.528. The van der Waals surface area contributed by atoms with Crippen LogP contribution in [0.2, 0.25) is 0 Å². The van der Waals surface area contributed by atoms with Crippen LogP contribution in [-0.2, 0) is 6.54 Å². The van der Waals surface area contributed by atoms with Crippen molar-refractivity contribution in [1.82, 2.24) is 9.78 Å². The first-order valence-electron chi connectivity index (χ1n) is 10.7. The van der Waals surface area contributed by atoms with Crippen molar-refractivity contribution in [3.05, 3.63) is 74.8 Å². The molecule has 0 unspecified atom stereocenters. The van der Waals surface area contributed by atoms with E-state index in [0.29, 0.717) is 23.3 Å². The summed E-state index contributed by atoms with van der Waals surface area (Å²) in [6, 6.07) is 11.8. The third kappa shape index (κ3) is 3.44. The SMILES string of the molecule is COc1ccc([C@@H]2[C@H]3CCCC=C3C(C#N)=C(N)C2(C#N)C#N)cc1Cn1cc([N+](=O)[O-])cn1. The van der Waals surface area contributed by atoms with Crippen molar-refractivity contribution in [3.63, 3.8) is 0 Å². The highest BCUT2D eigenvalue weighted by molar-refractivity contribution is 5.59. The number of nitro groups is 1. The lowest BCUT2D eigenvalue weighted by Crippen LogP contribution is -2.42. The summed E-state index contributed by atoms with van der Waals surface area (Å²) >= 11 is 0. The lowest BCUT2D eigenvalue weighted by atomic mass is 9.56. The van der Waals surface area contributed by atoms with Crippen LogP contribution in [0, 0.1) is 55.4 Å². The number of nitrogens with zero attached hydrogens (tertiary/aromatic N) is 6. The maximum atomic E-state index is 11.0. The molecule has 0 fully saturated rings. The summed E-state index contributed by atoms with van der Waals surface area (Å²) < 4.78 is 6.91. The Kier molecular flexibility index (Phi) is 5.79. The average Bonchev–Trinajstić information content (AvgIpc) is 3.32. The third-order valence-electron chi connectivity index (χ3n) is 6.63. The first-order chi connectivity index (χ1) is 16.4. The largest absolute Gasteiger partial charge is 0.496 e.